The zero-order valence-electron chi connectivity index (χ0n) is 13.5. The minimum absolute atomic E-state index is 0.00728. The van der Waals surface area contributed by atoms with Gasteiger partial charge in [-0.1, -0.05) is 41.7 Å². The van der Waals surface area contributed by atoms with Crippen LogP contribution in [0.4, 0.5) is 5.13 Å². The molecule has 3 heterocycles. The van der Waals surface area contributed by atoms with Gasteiger partial charge in [0.25, 0.3) is 0 Å². The fourth-order valence-corrected chi connectivity index (χ4v) is 4.34. The number of hydrogen-bond donors (Lipinski definition) is 1. The molecule has 0 spiro atoms. The van der Waals surface area contributed by atoms with Crippen LogP contribution in [0, 0.1) is 11.8 Å². The molecule has 2 aromatic rings. The van der Waals surface area contributed by atoms with E-state index in [0.29, 0.717) is 23.5 Å². The molecule has 0 unspecified atom stereocenters. The van der Waals surface area contributed by atoms with Crippen LogP contribution in [-0.4, -0.2) is 58.6 Å². The molecule has 7 heteroatoms. The molecular formula is C17H21N5OS. The molecule has 0 bridgehead atoms. The van der Waals surface area contributed by atoms with Gasteiger partial charge < -0.3 is 0 Å². The van der Waals surface area contributed by atoms with Crippen LogP contribution >= 0.6 is 11.3 Å². The Morgan fingerprint density at radius 3 is 2.50 bits per heavy atom. The number of aromatic nitrogens is 2. The van der Waals surface area contributed by atoms with Gasteiger partial charge in [-0.25, -0.2) is 0 Å². The molecule has 2 aliphatic rings. The van der Waals surface area contributed by atoms with Gasteiger partial charge in [0.2, 0.25) is 11.0 Å². The van der Waals surface area contributed by atoms with E-state index in [2.05, 4.69) is 55.6 Å². The van der Waals surface area contributed by atoms with Crippen molar-refractivity contribution in [1.29, 1.82) is 0 Å². The second kappa shape index (κ2) is 6.96. The van der Waals surface area contributed by atoms with Crippen molar-refractivity contribution < 1.29 is 4.79 Å². The highest BCUT2D eigenvalue weighted by atomic mass is 32.1. The summed E-state index contributed by atoms with van der Waals surface area (Å²) < 4.78 is 0. The van der Waals surface area contributed by atoms with E-state index in [1.807, 2.05) is 0 Å². The lowest BCUT2D eigenvalue weighted by Gasteiger charge is -2.20. The van der Waals surface area contributed by atoms with Crippen molar-refractivity contribution in [2.24, 2.45) is 11.8 Å². The molecule has 0 saturated carbocycles. The summed E-state index contributed by atoms with van der Waals surface area (Å²) in [5, 5.41) is 11.0. The van der Waals surface area contributed by atoms with Crippen molar-refractivity contribution in [3.63, 3.8) is 0 Å². The summed E-state index contributed by atoms with van der Waals surface area (Å²) in [7, 11) is 0. The number of nitrogens with one attached hydrogen (secondary N) is 1. The summed E-state index contributed by atoms with van der Waals surface area (Å²) in [5.74, 6) is 1.37. The maximum absolute atomic E-state index is 12.1. The fourth-order valence-electron chi connectivity index (χ4n) is 3.88. The number of carbonyl (C=O) groups is 1. The summed E-state index contributed by atoms with van der Waals surface area (Å²) in [6.45, 7) is 5.78. The molecular weight excluding hydrogens is 322 g/mol. The third-order valence-electron chi connectivity index (χ3n) is 4.86. The maximum atomic E-state index is 12.1. The van der Waals surface area contributed by atoms with Gasteiger partial charge in [0.1, 0.15) is 5.51 Å². The molecule has 2 fully saturated rings. The topological polar surface area (TPSA) is 61.4 Å². The molecule has 1 N–H and O–H groups in total. The van der Waals surface area contributed by atoms with Gasteiger partial charge in [-0.05, 0) is 17.4 Å². The van der Waals surface area contributed by atoms with Gasteiger partial charge in [0.05, 0.1) is 6.54 Å². The highest BCUT2D eigenvalue weighted by Crippen LogP contribution is 2.31. The summed E-state index contributed by atoms with van der Waals surface area (Å²) in [5.41, 5.74) is 3.00. The van der Waals surface area contributed by atoms with E-state index in [4.69, 9.17) is 0 Å². The van der Waals surface area contributed by atoms with Crippen molar-refractivity contribution in [3.8, 4) is 0 Å². The van der Waals surface area contributed by atoms with Crippen molar-refractivity contribution in [1.82, 2.24) is 20.0 Å². The molecule has 2 aliphatic heterocycles. The van der Waals surface area contributed by atoms with Crippen molar-refractivity contribution in [3.05, 3.63) is 41.4 Å². The number of amides is 1. The molecule has 1 amide bonds. The first-order valence-corrected chi connectivity index (χ1v) is 9.19. The lowest BCUT2D eigenvalue weighted by molar-refractivity contribution is -0.117. The van der Waals surface area contributed by atoms with E-state index in [1.54, 1.807) is 5.51 Å². The molecule has 4 rings (SSSR count). The van der Waals surface area contributed by atoms with Crippen molar-refractivity contribution in [2.75, 3.05) is 38.0 Å². The summed E-state index contributed by atoms with van der Waals surface area (Å²) in [6, 6.07) is 10.7. The van der Waals surface area contributed by atoms with Crippen LogP contribution in [0.3, 0.4) is 0 Å². The quantitative estimate of drug-likeness (QED) is 0.892. The van der Waals surface area contributed by atoms with Crippen LogP contribution in [0.2, 0.25) is 0 Å². The average Bonchev–Trinajstić information content (AvgIpc) is 3.25. The first-order chi connectivity index (χ1) is 11.8. The Morgan fingerprint density at radius 1 is 1.12 bits per heavy atom. The van der Waals surface area contributed by atoms with E-state index in [0.717, 1.165) is 32.7 Å². The number of carbonyl (C=O) groups excluding carboxylic acids is 1. The molecule has 0 aliphatic carbocycles. The van der Waals surface area contributed by atoms with Crippen molar-refractivity contribution >= 4 is 22.4 Å². The number of hydrogen-bond acceptors (Lipinski definition) is 6. The third kappa shape index (κ3) is 3.63. The number of benzene rings is 1. The standard InChI is InChI=1S/C17H21N5OS/c23-16(19-17-20-18-12-24-17)11-22-9-14-7-21(8-15(14)10-22)6-13-4-2-1-3-5-13/h1-5,12,14-15H,6-11H2,(H,19,20,23)/t14-,15+. The molecule has 2 saturated heterocycles. The number of fused-ring (bicyclic) bond motifs is 1. The Kier molecular flexibility index (Phi) is 4.55. The van der Waals surface area contributed by atoms with Gasteiger partial charge in [-0.3, -0.25) is 19.9 Å². The number of rotatable bonds is 5. The normalized spacial score (nSPS) is 24.2. The highest BCUT2D eigenvalue weighted by molar-refractivity contribution is 7.13. The van der Waals surface area contributed by atoms with E-state index < -0.39 is 0 Å². The van der Waals surface area contributed by atoms with Gasteiger partial charge in [0, 0.05) is 32.7 Å². The Labute approximate surface area is 145 Å². The molecule has 126 valence electrons. The number of nitrogens with zero attached hydrogens (tertiary/aromatic N) is 4. The van der Waals surface area contributed by atoms with Crippen LogP contribution in [0.1, 0.15) is 5.56 Å². The maximum Gasteiger partial charge on any atom is 0.240 e. The lowest BCUT2D eigenvalue weighted by Crippen LogP contribution is -2.34. The fraction of sp³-hybridized carbons (Fsp3) is 0.471. The van der Waals surface area contributed by atoms with E-state index in [9.17, 15) is 4.79 Å². The van der Waals surface area contributed by atoms with Crippen LogP contribution in [0.5, 0.6) is 0 Å². The molecule has 1 aromatic heterocycles. The molecule has 24 heavy (non-hydrogen) atoms. The van der Waals surface area contributed by atoms with E-state index in [-0.39, 0.29) is 5.91 Å². The molecule has 6 nitrogen and oxygen atoms in total. The zero-order valence-corrected chi connectivity index (χ0v) is 14.3. The van der Waals surface area contributed by atoms with Gasteiger partial charge in [-0.15, -0.1) is 10.2 Å². The number of anilines is 1. The molecule has 1 aromatic carbocycles. The lowest BCUT2D eigenvalue weighted by atomic mass is 10.0. The largest absolute Gasteiger partial charge is 0.299 e. The predicted molar refractivity (Wildman–Crippen MR) is 93.7 cm³/mol. The van der Waals surface area contributed by atoms with Gasteiger partial charge >= 0.3 is 0 Å². The monoisotopic (exact) mass is 343 g/mol. The predicted octanol–water partition coefficient (Wildman–Crippen LogP) is 1.54. The second-order valence-corrected chi connectivity index (χ2v) is 7.52. The minimum Gasteiger partial charge on any atom is -0.299 e. The minimum atomic E-state index is 0.00728. The Balaban J connectivity index is 1.25. The van der Waals surface area contributed by atoms with Gasteiger partial charge in [0.15, 0.2) is 0 Å². The van der Waals surface area contributed by atoms with E-state index >= 15 is 0 Å². The van der Waals surface area contributed by atoms with Crippen LogP contribution in [-0.2, 0) is 11.3 Å². The first-order valence-electron chi connectivity index (χ1n) is 8.31. The third-order valence-corrected chi connectivity index (χ3v) is 5.47. The average molecular weight is 343 g/mol. The summed E-state index contributed by atoms with van der Waals surface area (Å²) in [6.07, 6.45) is 0. The smallest absolute Gasteiger partial charge is 0.240 e. The summed E-state index contributed by atoms with van der Waals surface area (Å²) >= 11 is 1.35. The Morgan fingerprint density at radius 2 is 1.83 bits per heavy atom. The molecule has 0 radical (unpaired) electrons. The SMILES string of the molecule is O=C(CN1C[C@@H]2CN(Cc3ccccc3)C[C@@H]2C1)Nc1nncs1. The van der Waals surface area contributed by atoms with Crippen molar-refractivity contribution in [2.45, 2.75) is 6.54 Å². The number of likely N-dealkylation sites (tertiary alicyclic amines) is 2. The van der Waals surface area contributed by atoms with Gasteiger partial charge in [-0.2, -0.15) is 0 Å². The van der Waals surface area contributed by atoms with Crippen LogP contribution in [0.15, 0.2) is 35.8 Å². The first kappa shape index (κ1) is 15.7. The van der Waals surface area contributed by atoms with E-state index in [1.165, 1.54) is 16.9 Å². The zero-order chi connectivity index (χ0) is 16.4. The van der Waals surface area contributed by atoms with Crippen LogP contribution in [0.25, 0.3) is 0 Å². The summed E-state index contributed by atoms with van der Waals surface area (Å²) in [4.78, 5) is 16.9. The Bertz CT molecular complexity index is 664. The van der Waals surface area contributed by atoms with Crippen LogP contribution < -0.4 is 5.32 Å². The second-order valence-electron chi connectivity index (χ2n) is 6.69. The highest BCUT2D eigenvalue weighted by Gasteiger charge is 2.40. The Hall–Kier alpha value is -1.83. The molecule has 2 atom stereocenters.